The molecule has 3 aliphatic heterocycles. The standard InChI is InChI=1S/C24H25N3S2/c28-24(22-9-8-21(29-22)18-6-2-1-3-7-18)26-23-19-10-13-27(14-11-19)20(23)15-17-5-4-12-25-16-17/h1-9,12,16,19-20,23H,10-11,13-15H2,(H,26,28). The van der Waals surface area contributed by atoms with Gasteiger partial charge >= 0.3 is 0 Å². The van der Waals surface area contributed by atoms with Crippen molar-refractivity contribution >= 4 is 28.5 Å². The lowest BCUT2D eigenvalue weighted by molar-refractivity contribution is 0.0212. The number of pyridine rings is 1. The monoisotopic (exact) mass is 419 g/mol. The normalized spacial score (nSPS) is 25.7. The van der Waals surface area contributed by atoms with E-state index < -0.39 is 0 Å². The number of piperidine rings is 3. The topological polar surface area (TPSA) is 28.2 Å². The zero-order valence-electron chi connectivity index (χ0n) is 16.3. The lowest BCUT2D eigenvalue weighted by atomic mass is 9.77. The van der Waals surface area contributed by atoms with Crippen LogP contribution in [0, 0.1) is 5.92 Å². The van der Waals surface area contributed by atoms with E-state index in [0.717, 1.165) is 16.3 Å². The first-order chi connectivity index (χ1) is 14.3. The highest BCUT2D eigenvalue weighted by Crippen LogP contribution is 2.35. The van der Waals surface area contributed by atoms with Crippen molar-refractivity contribution in [2.75, 3.05) is 13.1 Å². The number of hydrogen-bond acceptors (Lipinski definition) is 4. The molecule has 6 rings (SSSR count). The van der Waals surface area contributed by atoms with Crippen LogP contribution in [-0.4, -0.2) is 40.0 Å². The fourth-order valence-electron chi connectivity index (χ4n) is 4.82. The van der Waals surface area contributed by atoms with Gasteiger partial charge in [-0.2, -0.15) is 0 Å². The Morgan fingerprint density at radius 2 is 1.90 bits per heavy atom. The van der Waals surface area contributed by atoms with Gasteiger partial charge in [-0.25, -0.2) is 0 Å². The Morgan fingerprint density at radius 3 is 2.66 bits per heavy atom. The zero-order valence-corrected chi connectivity index (χ0v) is 18.0. The molecule has 3 nitrogen and oxygen atoms in total. The third-order valence-electron chi connectivity index (χ3n) is 6.32. The first-order valence-corrected chi connectivity index (χ1v) is 11.6. The van der Waals surface area contributed by atoms with Crippen molar-refractivity contribution in [1.29, 1.82) is 0 Å². The number of nitrogens with zero attached hydrogens (tertiary/aromatic N) is 2. The zero-order chi connectivity index (χ0) is 19.6. The summed E-state index contributed by atoms with van der Waals surface area (Å²) in [5, 5.41) is 3.78. The van der Waals surface area contributed by atoms with Crippen LogP contribution >= 0.6 is 23.6 Å². The Hall–Kier alpha value is -2.08. The summed E-state index contributed by atoms with van der Waals surface area (Å²) in [7, 11) is 0. The molecule has 0 amide bonds. The molecule has 1 N–H and O–H groups in total. The van der Waals surface area contributed by atoms with Gasteiger partial charge in [-0.15, -0.1) is 11.3 Å². The van der Waals surface area contributed by atoms with Crippen LogP contribution in [0.25, 0.3) is 10.4 Å². The molecule has 2 bridgehead atoms. The van der Waals surface area contributed by atoms with Gasteiger partial charge in [-0.05, 0) is 67.6 Å². The van der Waals surface area contributed by atoms with Crippen LogP contribution in [0.1, 0.15) is 23.3 Å². The Labute approximate surface area is 181 Å². The second kappa shape index (κ2) is 8.34. The molecule has 2 atom stereocenters. The van der Waals surface area contributed by atoms with Gasteiger partial charge in [0.2, 0.25) is 0 Å². The fourth-order valence-corrected chi connectivity index (χ4v) is 6.07. The third-order valence-corrected chi connectivity index (χ3v) is 7.94. The highest BCUT2D eigenvalue weighted by atomic mass is 32.1. The van der Waals surface area contributed by atoms with Crippen LogP contribution < -0.4 is 5.32 Å². The van der Waals surface area contributed by atoms with Crippen molar-refractivity contribution in [3.63, 3.8) is 0 Å². The molecule has 3 saturated heterocycles. The summed E-state index contributed by atoms with van der Waals surface area (Å²) in [5.74, 6) is 0.702. The number of benzene rings is 1. The predicted octanol–water partition coefficient (Wildman–Crippen LogP) is 4.78. The first-order valence-electron chi connectivity index (χ1n) is 10.4. The molecule has 0 aliphatic carbocycles. The van der Waals surface area contributed by atoms with Gasteiger partial charge in [0.25, 0.3) is 0 Å². The average Bonchev–Trinajstić information content (AvgIpc) is 3.28. The Balaban J connectivity index is 1.34. The van der Waals surface area contributed by atoms with Crippen LogP contribution in [0.3, 0.4) is 0 Å². The Kier molecular flexibility index (Phi) is 5.44. The van der Waals surface area contributed by atoms with Crippen molar-refractivity contribution in [2.24, 2.45) is 5.92 Å². The van der Waals surface area contributed by atoms with Gasteiger partial charge in [0, 0.05) is 29.4 Å². The molecule has 2 unspecified atom stereocenters. The fraction of sp³-hybridized carbons (Fsp3) is 0.333. The highest BCUT2D eigenvalue weighted by Gasteiger charge is 2.42. The van der Waals surface area contributed by atoms with E-state index in [4.69, 9.17) is 12.2 Å². The second-order valence-electron chi connectivity index (χ2n) is 8.04. The van der Waals surface area contributed by atoms with E-state index in [0.29, 0.717) is 18.0 Å². The molecule has 29 heavy (non-hydrogen) atoms. The van der Waals surface area contributed by atoms with E-state index in [1.165, 1.54) is 41.9 Å². The predicted molar refractivity (Wildman–Crippen MR) is 124 cm³/mol. The van der Waals surface area contributed by atoms with Crippen LogP contribution in [-0.2, 0) is 6.42 Å². The number of nitrogens with one attached hydrogen (secondary N) is 1. The molecule has 5 heterocycles. The molecule has 1 aromatic carbocycles. The largest absolute Gasteiger partial charge is 0.371 e. The number of aromatic nitrogens is 1. The average molecular weight is 420 g/mol. The van der Waals surface area contributed by atoms with Crippen molar-refractivity contribution < 1.29 is 0 Å². The first kappa shape index (κ1) is 18.9. The van der Waals surface area contributed by atoms with E-state index in [9.17, 15) is 0 Å². The van der Waals surface area contributed by atoms with Crippen LogP contribution in [0.2, 0.25) is 0 Å². The summed E-state index contributed by atoms with van der Waals surface area (Å²) >= 11 is 7.65. The van der Waals surface area contributed by atoms with E-state index in [-0.39, 0.29) is 0 Å². The maximum absolute atomic E-state index is 5.87. The maximum atomic E-state index is 5.87. The summed E-state index contributed by atoms with van der Waals surface area (Å²) < 4.78 is 0. The molecule has 3 aliphatic rings. The van der Waals surface area contributed by atoms with Gasteiger partial charge in [-0.1, -0.05) is 48.6 Å². The second-order valence-corrected chi connectivity index (χ2v) is 9.53. The molecule has 0 spiro atoms. The Bertz CT molecular complexity index is 962. The molecule has 0 saturated carbocycles. The van der Waals surface area contributed by atoms with E-state index >= 15 is 0 Å². The lowest BCUT2D eigenvalue weighted by Crippen LogP contribution is -2.64. The van der Waals surface area contributed by atoms with Gasteiger partial charge in [0.1, 0.15) is 4.99 Å². The van der Waals surface area contributed by atoms with E-state index in [2.05, 4.69) is 63.7 Å². The SMILES string of the molecule is S=C(NC1C2CCN(CC2)C1Cc1cccnc1)c1ccc(-c2ccccc2)s1. The molecule has 3 fully saturated rings. The van der Waals surface area contributed by atoms with Crippen molar-refractivity contribution in [2.45, 2.75) is 31.3 Å². The summed E-state index contributed by atoms with van der Waals surface area (Å²) in [5.41, 5.74) is 2.56. The summed E-state index contributed by atoms with van der Waals surface area (Å²) in [6.45, 7) is 2.41. The minimum Gasteiger partial charge on any atom is -0.371 e. The number of fused-ring (bicyclic) bond motifs is 3. The summed E-state index contributed by atoms with van der Waals surface area (Å²) in [6, 6.07) is 20.0. The highest BCUT2D eigenvalue weighted by molar-refractivity contribution is 7.81. The van der Waals surface area contributed by atoms with Crippen LogP contribution in [0.5, 0.6) is 0 Å². The molecule has 3 aromatic rings. The molecule has 148 valence electrons. The molecule has 5 heteroatoms. The van der Waals surface area contributed by atoms with Gasteiger partial charge < -0.3 is 5.32 Å². The smallest absolute Gasteiger partial charge is 0.117 e. The van der Waals surface area contributed by atoms with Crippen LogP contribution in [0.4, 0.5) is 0 Å². The minimum atomic E-state index is 0.410. The van der Waals surface area contributed by atoms with Crippen molar-refractivity contribution in [3.8, 4) is 10.4 Å². The van der Waals surface area contributed by atoms with Crippen LogP contribution in [0.15, 0.2) is 67.0 Å². The molecule has 0 radical (unpaired) electrons. The van der Waals surface area contributed by atoms with Gasteiger partial charge in [-0.3, -0.25) is 9.88 Å². The number of thiocarbonyl (C=S) groups is 1. The van der Waals surface area contributed by atoms with Crippen molar-refractivity contribution in [1.82, 2.24) is 15.2 Å². The minimum absolute atomic E-state index is 0.410. The van der Waals surface area contributed by atoms with E-state index in [1.807, 2.05) is 18.5 Å². The number of rotatable bonds is 5. The van der Waals surface area contributed by atoms with Crippen molar-refractivity contribution in [3.05, 3.63) is 77.4 Å². The number of hydrogen-bond donors (Lipinski definition) is 1. The van der Waals surface area contributed by atoms with Gasteiger partial charge in [0.05, 0.1) is 4.88 Å². The summed E-state index contributed by atoms with van der Waals surface area (Å²) in [6.07, 6.45) is 7.42. The maximum Gasteiger partial charge on any atom is 0.117 e. The lowest BCUT2D eigenvalue weighted by Gasteiger charge is -2.51. The summed E-state index contributed by atoms with van der Waals surface area (Å²) in [4.78, 5) is 10.3. The van der Waals surface area contributed by atoms with E-state index in [1.54, 1.807) is 11.3 Å². The third kappa shape index (κ3) is 4.00. The van der Waals surface area contributed by atoms with Gasteiger partial charge in [0.15, 0.2) is 0 Å². The number of thiophene rings is 1. The molecular formula is C24H25N3S2. The molecular weight excluding hydrogens is 394 g/mol. The Morgan fingerprint density at radius 1 is 1.07 bits per heavy atom. The molecule has 2 aromatic heterocycles. The quantitative estimate of drug-likeness (QED) is 0.603.